The molecule has 1 aliphatic rings. The number of hydrogen-bond acceptors (Lipinski definition) is 3. The number of hydrogen-bond donors (Lipinski definition) is 1. The molecular weight excluding hydrogens is 340 g/mol. The van der Waals surface area contributed by atoms with Crippen molar-refractivity contribution in [2.75, 3.05) is 23.4 Å². The van der Waals surface area contributed by atoms with E-state index in [-0.39, 0.29) is 11.8 Å². The Labute approximate surface area is 160 Å². The van der Waals surface area contributed by atoms with E-state index in [4.69, 9.17) is 4.74 Å². The molecule has 0 aliphatic carbocycles. The largest absolute Gasteiger partial charge is 0.494 e. The van der Waals surface area contributed by atoms with Gasteiger partial charge in [0.05, 0.1) is 13.0 Å². The lowest BCUT2D eigenvalue weighted by molar-refractivity contribution is -0.118. The summed E-state index contributed by atoms with van der Waals surface area (Å²) >= 11 is 0. The van der Waals surface area contributed by atoms with Gasteiger partial charge in [0.25, 0.3) is 0 Å². The Hall–Kier alpha value is -2.82. The van der Waals surface area contributed by atoms with Crippen LogP contribution in [-0.2, 0) is 22.4 Å². The van der Waals surface area contributed by atoms with Gasteiger partial charge in [-0.05, 0) is 55.2 Å². The van der Waals surface area contributed by atoms with Crippen LogP contribution >= 0.6 is 0 Å². The van der Waals surface area contributed by atoms with Crippen LogP contribution in [0, 0.1) is 0 Å². The molecule has 1 heterocycles. The third-order valence-electron chi connectivity index (χ3n) is 4.69. The molecule has 0 spiro atoms. The molecule has 0 atom stereocenters. The average Bonchev–Trinajstić information content (AvgIpc) is 2.68. The number of carbonyl (C=O) groups excluding carboxylic acids is 2. The van der Waals surface area contributed by atoms with Crippen LogP contribution in [0.1, 0.15) is 37.8 Å². The molecule has 0 fully saturated rings. The van der Waals surface area contributed by atoms with E-state index in [0.29, 0.717) is 19.4 Å². The van der Waals surface area contributed by atoms with E-state index >= 15 is 0 Å². The van der Waals surface area contributed by atoms with Gasteiger partial charge < -0.3 is 15.0 Å². The molecular formula is C22H26N2O3. The Morgan fingerprint density at radius 1 is 1.11 bits per heavy atom. The molecule has 0 aromatic heterocycles. The average molecular weight is 366 g/mol. The molecule has 5 heteroatoms. The third kappa shape index (κ3) is 4.67. The second kappa shape index (κ2) is 8.71. The van der Waals surface area contributed by atoms with Crippen LogP contribution in [0.15, 0.2) is 42.5 Å². The molecule has 0 saturated heterocycles. The Balaban J connectivity index is 1.68. The topological polar surface area (TPSA) is 58.6 Å². The maximum Gasteiger partial charge on any atom is 0.228 e. The fourth-order valence-corrected chi connectivity index (χ4v) is 3.36. The molecule has 2 aromatic carbocycles. The van der Waals surface area contributed by atoms with Crippen molar-refractivity contribution in [3.05, 3.63) is 53.6 Å². The number of nitrogens with zero attached hydrogens (tertiary/aromatic N) is 1. The number of nitrogens with one attached hydrogen (secondary N) is 1. The normalized spacial score (nSPS) is 13.0. The van der Waals surface area contributed by atoms with E-state index < -0.39 is 0 Å². The van der Waals surface area contributed by atoms with Gasteiger partial charge in [-0.15, -0.1) is 0 Å². The monoisotopic (exact) mass is 366 g/mol. The Bertz CT molecular complexity index is 815. The number of anilines is 2. The zero-order chi connectivity index (χ0) is 19.2. The molecule has 0 unspecified atom stereocenters. The molecule has 2 aromatic rings. The molecule has 142 valence electrons. The Morgan fingerprint density at radius 3 is 2.59 bits per heavy atom. The standard InChI is InChI=1S/C22H26N2O3/c1-3-22(26)24-13-5-6-17-9-10-18(15-20(17)24)23-21(25)14-16-7-11-19(12-8-16)27-4-2/h7-12,15H,3-6,13-14H2,1-2H3,(H,23,25). The van der Waals surface area contributed by atoms with E-state index in [1.54, 1.807) is 0 Å². The Morgan fingerprint density at radius 2 is 1.89 bits per heavy atom. The van der Waals surface area contributed by atoms with Crippen molar-refractivity contribution in [3.63, 3.8) is 0 Å². The summed E-state index contributed by atoms with van der Waals surface area (Å²) in [6, 6.07) is 13.4. The highest BCUT2D eigenvalue weighted by molar-refractivity contribution is 5.97. The van der Waals surface area contributed by atoms with Crippen LogP contribution in [0.2, 0.25) is 0 Å². The number of carbonyl (C=O) groups is 2. The lowest BCUT2D eigenvalue weighted by Crippen LogP contribution is -2.35. The first-order valence-electron chi connectivity index (χ1n) is 9.55. The Kier molecular flexibility index (Phi) is 6.12. The van der Waals surface area contributed by atoms with Gasteiger partial charge in [-0.25, -0.2) is 0 Å². The minimum absolute atomic E-state index is 0.0803. The van der Waals surface area contributed by atoms with Crippen LogP contribution < -0.4 is 15.0 Å². The summed E-state index contributed by atoms with van der Waals surface area (Å²) in [6.45, 7) is 5.17. The van der Waals surface area contributed by atoms with Crippen LogP contribution in [-0.4, -0.2) is 25.0 Å². The zero-order valence-corrected chi connectivity index (χ0v) is 16.0. The molecule has 0 bridgehead atoms. The maximum atomic E-state index is 12.4. The summed E-state index contributed by atoms with van der Waals surface area (Å²) in [4.78, 5) is 26.5. The van der Waals surface area contributed by atoms with E-state index in [1.807, 2.05) is 61.2 Å². The molecule has 2 amide bonds. The van der Waals surface area contributed by atoms with Crippen molar-refractivity contribution in [1.82, 2.24) is 0 Å². The quantitative estimate of drug-likeness (QED) is 0.842. The van der Waals surface area contributed by atoms with Gasteiger partial charge in [-0.2, -0.15) is 0 Å². The van der Waals surface area contributed by atoms with Crippen molar-refractivity contribution in [3.8, 4) is 5.75 Å². The first-order valence-corrected chi connectivity index (χ1v) is 9.55. The highest BCUT2D eigenvalue weighted by atomic mass is 16.5. The van der Waals surface area contributed by atoms with Gasteiger partial charge in [0.15, 0.2) is 0 Å². The van der Waals surface area contributed by atoms with Crippen molar-refractivity contribution in [2.24, 2.45) is 0 Å². The van der Waals surface area contributed by atoms with Crippen molar-refractivity contribution in [2.45, 2.75) is 39.5 Å². The molecule has 0 radical (unpaired) electrons. The summed E-state index contributed by atoms with van der Waals surface area (Å²) < 4.78 is 5.42. The number of amides is 2. The molecule has 0 saturated carbocycles. The second-order valence-electron chi connectivity index (χ2n) is 6.65. The first kappa shape index (κ1) is 19.0. The molecule has 5 nitrogen and oxygen atoms in total. The van der Waals surface area contributed by atoms with Crippen LogP contribution in [0.25, 0.3) is 0 Å². The summed E-state index contributed by atoms with van der Waals surface area (Å²) in [5.41, 5.74) is 3.73. The summed E-state index contributed by atoms with van der Waals surface area (Å²) in [5, 5.41) is 2.95. The van der Waals surface area contributed by atoms with Gasteiger partial charge in [0.1, 0.15) is 5.75 Å². The fourth-order valence-electron chi connectivity index (χ4n) is 3.36. The zero-order valence-electron chi connectivity index (χ0n) is 16.0. The van der Waals surface area contributed by atoms with Gasteiger partial charge in [0.2, 0.25) is 11.8 Å². The predicted molar refractivity (Wildman–Crippen MR) is 107 cm³/mol. The summed E-state index contributed by atoms with van der Waals surface area (Å²) in [6.07, 6.45) is 2.71. The predicted octanol–water partition coefficient (Wildman–Crippen LogP) is 3.96. The number of benzene rings is 2. The second-order valence-corrected chi connectivity index (χ2v) is 6.65. The highest BCUT2D eigenvalue weighted by Gasteiger charge is 2.21. The van der Waals surface area contributed by atoms with Crippen molar-refractivity contribution < 1.29 is 14.3 Å². The van der Waals surface area contributed by atoms with Crippen LogP contribution in [0.3, 0.4) is 0 Å². The maximum absolute atomic E-state index is 12.4. The smallest absolute Gasteiger partial charge is 0.228 e. The SMILES string of the molecule is CCOc1ccc(CC(=O)Nc2ccc3c(c2)N(C(=O)CC)CCC3)cc1. The van der Waals surface area contributed by atoms with Crippen molar-refractivity contribution >= 4 is 23.2 Å². The lowest BCUT2D eigenvalue weighted by atomic mass is 10.0. The van der Waals surface area contributed by atoms with Gasteiger partial charge in [-0.1, -0.05) is 25.1 Å². The van der Waals surface area contributed by atoms with E-state index in [0.717, 1.165) is 47.6 Å². The van der Waals surface area contributed by atoms with Gasteiger partial charge >= 0.3 is 0 Å². The first-order chi connectivity index (χ1) is 13.1. The van der Waals surface area contributed by atoms with Gasteiger partial charge in [-0.3, -0.25) is 9.59 Å². The molecule has 1 N–H and O–H groups in total. The highest BCUT2D eigenvalue weighted by Crippen LogP contribution is 2.30. The number of ether oxygens (including phenoxy) is 1. The summed E-state index contributed by atoms with van der Waals surface area (Å²) in [7, 11) is 0. The minimum atomic E-state index is -0.0803. The van der Waals surface area contributed by atoms with Crippen LogP contribution in [0.5, 0.6) is 5.75 Å². The molecule has 1 aliphatic heterocycles. The minimum Gasteiger partial charge on any atom is -0.494 e. The number of fused-ring (bicyclic) bond motifs is 1. The molecule has 3 rings (SSSR count). The molecule has 27 heavy (non-hydrogen) atoms. The number of rotatable bonds is 6. The van der Waals surface area contributed by atoms with E-state index in [2.05, 4.69) is 5.32 Å². The fraction of sp³-hybridized carbons (Fsp3) is 0.364. The third-order valence-corrected chi connectivity index (χ3v) is 4.69. The lowest BCUT2D eigenvalue weighted by Gasteiger charge is -2.29. The van der Waals surface area contributed by atoms with Gasteiger partial charge in [0, 0.05) is 24.3 Å². The van der Waals surface area contributed by atoms with E-state index in [9.17, 15) is 9.59 Å². The van der Waals surface area contributed by atoms with E-state index in [1.165, 1.54) is 0 Å². The van der Waals surface area contributed by atoms with Crippen molar-refractivity contribution in [1.29, 1.82) is 0 Å². The van der Waals surface area contributed by atoms with Crippen LogP contribution in [0.4, 0.5) is 11.4 Å². The number of aryl methyl sites for hydroxylation is 1. The summed E-state index contributed by atoms with van der Waals surface area (Å²) in [5.74, 6) is 0.842.